The Hall–Kier alpha value is -2.32. The maximum absolute atomic E-state index is 11.1. The second-order valence-electron chi connectivity index (χ2n) is 3.50. The molecule has 0 atom stereocenters. The number of thiophene rings is 1. The number of nitriles is 1. The standard InChI is InChI=1S/C13H9NO3S/c1-17-10-4-2-8(3-5-10)11-9(6-14)7-18-12(11)13(15)16/h2-5,7H,1H3,(H,15,16). The number of methoxy groups -OCH3 is 1. The van der Waals surface area contributed by atoms with Crippen molar-refractivity contribution in [3.05, 3.63) is 40.1 Å². The first-order valence-corrected chi connectivity index (χ1v) is 5.94. The van der Waals surface area contributed by atoms with Crippen LogP contribution in [0.3, 0.4) is 0 Å². The van der Waals surface area contributed by atoms with Crippen LogP contribution < -0.4 is 4.74 Å². The van der Waals surface area contributed by atoms with Gasteiger partial charge >= 0.3 is 5.97 Å². The molecule has 0 saturated heterocycles. The number of carboxylic acid groups (broad SMARTS) is 1. The maximum atomic E-state index is 11.1. The van der Waals surface area contributed by atoms with Gasteiger partial charge in [0.15, 0.2) is 0 Å². The van der Waals surface area contributed by atoms with Gasteiger partial charge in [0.1, 0.15) is 16.7 Å². The molecule has 0 amide bonds. The molecule has 18 heavy (non-hydrogen) atoms. The van der Waals surface area contributed by atoms with E-state index in [1.807, 2.05) is 6.07 Å². The van der Waals surface area contributed by atoms with Gasteiger partial charge in [-0.1, -0.05) is 12.1 Å². The van der Waals surface area contributed by atoms with Crippen LogP contribution >= 0.6 is 11.3 Å². The summed E-state index contributed by atoms with van der Waals surface area (Å²) in [6.45, 7) is 0. The Kier molecular flexibility index (Phi) is 3.31. The fourth-order valence-corrected chi connectivity index (χ4v) is 2.49. The number of rotatable bonds is 3. The molecule has 0 aliphatic rings. The summed E-state index contributed by atoms with van der Waals surface area (Å²) in [4.78, 5) is 11.3. The number of hydrogen-bond acceptors (Lipinski definition) is 4. The van der Waals surface area contributed by atoms with Crippen LogP contribution in [0.15, 0.2) is 29.6 Å². The van der Waals surface area contributed by atoms with E-state index in [1.54, 1.807) is 36.8 Å². The predicted octanol–water partition coefficient (Wildman–Crippen LogP) is 2.99. The Morgan fingerprint density at radius 1 is 1.39 bits per heavy atom. The minimum Gasteiger partial charge on any atom is -0.497 e. The van der Waals surface area contributed by atoms with Crippen molar-refractivity contribution in [1.29, 1.82) is 5.26 Å². The van der Waals surface area contributed by atoms with Gasteiger partial charge in [-0.15, -0.1) is 11.3 Å². The van der Waals surface area contributed by atoms with Crippen LogP contribution in [-0.4, -0.2) is 18.2 Å². The van der Waals surface area contributed by atoms with Crippen molar-refractivity contribution >= 4 is 17.3 Å². The highest BCUT2D eigenvalue weighted by molar-refractivity contribution is 7.12. The van der Waals surface area contributed by atoms with Gasteiger partial charge in [0.25, 0.3) is 0 Å². The summed E-state index contributed by atoms with van der Waals surface area (Å²) in [5.74, 6) is -0.336. The Morgan fingerprint density at radius 2 is 2.06 bits per heavy atom. The number of aromatic carboxylic acids is 1. The van der Waals surface area contributed by atoms with E-state index in [2.05, 4.69) is 0 Å². The van der Waals surface area contributed by atoms with Gasteiger partial charge in [0.05, 0.1) is 12.7 Å². The largest absolute Gasteiger partial charge is 0.497 e. The van der Waals surface area contributed by atoms with Crippen molar-refractivity contribution in [2.24, 2.45) is 0 Å². The predicted molar refractivity (Wildman–Crippen MR) is 68.0 cm³/mol. The van der Waals surface area contributed by atoms with Crippen LogP contribution in [0.2, 0.25) is 0 Å². The van der Waals surface area contributed by atoms with Gasteiger partial charge in [-0.2, -0.15) is 5.26 Å². The number of ether oxygens (including phenoxy) is 1. The molecular formula is C13H9NO3S. The third-order valence-electron chi connectivity index (χ3n) is 2.48. The summed E-state index contributed by atoms with van der Waals surface area (Å²) in [5, 5.41) is 19.7. The number of hydrogen-bond donors (Lipinski definition) is 1. The molecule has 5 heteroatoms. The molecule has 1 aromatic carbocycles. The zero-order valence-corrected chi connectivity index (χ0v) is 10.3. The van der Waals surface area contributed by atoms with E-state index >= 15 is 0 Å². The Balaban J connectivity index is 2.58. The SMILES string of the molecule is COc1ccc(-c2c(C#N)csc2C(=O)O)cc1. The van der Waals surface area contributed by atoms with Gasteiger partial charge < -0.3 is 9.84 Å². The molecular weight excluding hydrogens is 250 g/mol. The fourth-order valence-electron chi connectivity index (χ4n) is 1.64. The van der Waals surface area contributed by atoms with E-state index in [0.717, 1.165) is 11.3 Å². The third-order valence-corrected chi connectivity index (χ3v) is 3.45. The molecule has 0 bridgehead atoms. The summed E-state index contributed by atoms with van der Waals surface area (Å²) in [7, 11) is 1.56. The average Bonchev–Trinajstić information content (AvgIpc) is 2.82. The smallest absolute Gasteiger partial charge is 0.346 e. The lowest BCUT2D eigenvalue weighted by molar-refractivity contribution is 0.0703. The number of benzene rings is 1. The lowest BCUT2D eigenvalue weighted by Crippen LogP contribution is -1.95. The molecule has 2 rings (SSSR count). The highest BCUT2D eigenvalue weighted by Gasteiger charge is 2.18. The van der Waals surface area contributed by atoms with E-state index in [4.69, 9.17) is 15.1 Å². The van der Waals surface area contributed by atoms with Crippen molar-refractivity contribution in [3.63, 3.8) is 0 Å². The molecule has 2 aromatic rings. The van der Waals surface area contributed by atoms with E-state index in [0.29, 0.717) is 22.4 Å². The fraction of sp³-hybridized carbons (Fsp3) is 0.0769. The minimum absolute atomic E-state index is 0.178. The second-order valence-corrected chi connectivity index (χ2v) is 4.38. The van der Waals surface area contributed by atoms with Crippen molar-refractivity contribution in [2.75, 3.05) is 7.11 Å². The maximum Gasteiger partial charge on any atom is 0.346 e. The molecule has 1 heterocycles. The van der Waals surface area contributed by atoms with Gasteiger partial charge in [-0.3, -0.25) is 0 Å². The zero-order valence-electron chi connectivity index (χ0n) is 9.51. The highest BCUT2D eigenvalue weighted by atomic mass is 32.1. The van der Waals surface area contributed by atoms with Crippen LogP contribution in [0.5, 0.6) is 5.75 Å². The Bertz CT molecular complexity index is 623. The molecule has 0 spiro atoms. The Labute approximate surface area is 108 Å². The number of carboxylic acids is 1. The monoisotopic (exact) mass is 259 g/mol. The van der Waals surface area contributed by atoms with Crippen molar-refractivity contribution in [2.45, 2.75) is 0 Å². The highest BCUT2D eigenvalue weighted by Crippen LogP contribution is 2.33. The van der Waals surface area contributed by atoms with Crippen molar-refractivity contribution in [3.8, 4) is 22.9 Å². The average molecular weight is 259 g/mol. The van der Waals surface area contributed by atoms with Gasteiger partial charge in [0.2, 0.25) is 0 Å². The van der Waals surface area contributed by atoms with E-state index < -0.39 is 5.97 Å². The number of nitrogens with zero attached hydrogens (tertiary/aromatic N) is 1. The molecule has 0 aliphatic heterocycles. The normalized spacial score (nSPS) is 9.78. The lowest BCUT2D eigenvalue weighted by Gasteiger charge is -2.04. The molecule has 0 aliphatic carbocycles. The first-order valence-electron chi connectivity index (χ1n) is 5.06. The summed E-state index contributed by atoms with van der Waals surface area (Å²) in [6, 6.07) is 8.97. The quantitative estimate of drug-likeness (QED) is 0.919. The molecule has 90 valence electrons. The van der Waals surface area contributed by atoms with Crippen LogP contribution in [0.25, 0.3) is 11.1 Å². The molecule has 0 radical (unpaired) electrons. The first-order chi connectivity index (χ1) is 8.67. The minimum atomic E-state index is -1.02. The second kappa shape index (κ2) is 4.90. The van der Waals surface area contributed by atoms with E-state index in [1.165, 1.54) is 0 Å². The van der Waals surface area contributed by atoms with Gasteiger partial charge in [-0.05, 0) is 17.7 Å². The van der Waals surface area contributed by atoms with Crippen LogP contribution in [0.4, 0.5) is 0 Å². The topological polar surface area (TPSA) is 70.3 Å². The summed E-state index contributed by atoms with van der Waals surface area (Å²) >= 11 is 1.06. The molecule has 0 fully saturated rings. The zero-order chi connectivity index (χ0) is 13.1. The van der Waals surface area contributed by atoms with Crippen molar-refractivity contribution in [1.82, 2.24) is 0 Å². The summed E-state index contributed by atoms with van der Waals surface area (Å²) in [5.41, 5.74) is 1.55. The number of carbonyl (C=O) groups is 1. The van der Waals surface area contributed by atoms with Crippen molar-refractivity contribution < 1.29 is 14.6 Å². The van der Waals surface area contributed by atoms with Crippen LogP contribution in [0, 0.1) is 11.3 Å². The van der Waals surface area contributed by atoms with E-state index in [9.17, 15) is 4.79 Å². The molecule has 1 aromatic heterocycles. The Morgan fingerprint density at radius 3 is 2.56 bits per heavy atom. The summed E-state index contributed by atoms with van der Waals surface area (Å²) in [6.07, 6.45) is 0. The molecule has 4 nitrogen and oxygen atoms in total. The van der Waals surface area contributed by atoms with Crippen LogP contribution in [-0.2, 0) is 0 Å². The molecule has 0 saturated carbocycles. The van der Waals surface area contributed by atoms with Crippen LogP contribution in [0.1, 0.15) is 15.2 Å². The van der Waals surface area contributed by atoms with Gasteiger partial charge in [-0.25, -0.2) is 4.79 Å². The summed E-state index contributed by atoms with van der Waals surface area (Å²) < 4.78 is 5.04. The molecule has 0 unspecified atom stereocenters. The van der Waals surface area contributed by atoms with E-state index in [-0.39, 0.29) is 4.88 Å². The molecule has 1 N–H and O–H groups in total. The first kappa shape index (κ1) is 12.1. The third kappa shape index (κ3) is 2.06. The lowest BCUT2D eigenvalue weighted by atomic mass is 10.0. The van der Waals surface area contributed by atoms with Gasteiger partial charge in [0, 0.05) is 10.9 Å².